The molecule has 0 unspecified atom stereocenters. The van der Waals surface area contributed by atoms with Crippen molar-refractivity contribution in [3.8, 4) is 5.75 Å². The second-order valence-electron chi connectivity index (χ2n) is 5.30. The Balaban J connectivity index is 2.00. The van der Waals surface area contributed by atoms with Gasteiger partial charge in [-0.05, 0) is 24.3 Å². The summed E-state index contributed by atoms with van der Waals surface area (Å²) in [5, 5.41) is 3.45. The Morgan fingerprint density at radius 3 is 2.69 bits per heavy atom. The van der Waals surface area contributed by atoms with Gasteiger partial charge in [-0.1, -0.05) is 42.0 Å². The number of anilines is 1. The summed E-state index contributed by atoms with van der Waals surface area (Å²) in [7, 11) is -2.01. The van der Waals surface area contributed by atoms with Crippen molar-refractivity contribution in [3.05, 3.63) is 47.0 Å². The van der Waals surface area contributed by atoms with Crippen LogP contribution in [0, 0.1) is 0 Å². The lowest BCUT2D eigenvalue weighted by Crippen LogP contribution is -2.17. The third-order valence-corrected chi connectivity index (χ3v) is 6.96. The van der Waals surface area contributed by atoms with Crippen molar-refractivity contribution in [3.63, 3.8) is 0 Å². The van der Waals surface area contributed by atoms with Crippen LogP contribution < -0.4 is 10.1 Å². The van der Waals surface area contributed by atoms with Crippen LogP contribution in [0.4, 0.5) is 5.13 Å². The van der Waals surface area contributed by atoms with E-state index in [1.54, 1.807) is 24.3 Å². The number of hydrogen-bond donors (Lipinski definition) is 1. The zero-order valence-corrected chi connectivity index (χ0v) is 16.3. The molecule has 0 spiro atoms. The fraction of sp³-hybridized carbons (Fsp3) is 0.176. The van der Waals surface area contributed by atoms with Crippen LogP contribution in [0.1, 0.15) is 17.3 Å². The fourth-order valence-corrected chi connectivity index (χ4v) is 4.66. The summed E-state index contributed by atoms with van der Waals surface area (Å²) in [5.74, 6) is -0.104. The van der Waals surface area contributed by atoms with Crippen LogP contribution in [0.15, 0.2) is 41.3 Å². The first-order chi connectivity index (χ1) is 12.4. The predicted octanol–water partition coefficient (Wildman–Crippen LogP) is 4.00. The van der Waals surface area contributed by atoms with Crippen LogP contribution in [0.3, 0.4) is 0 Å². The number of hydrogen-bond acceptors (Lipinski definition) is 6. The van der Waals surface area contributed by atoms with E-state index in [-0.39, 0.29) is 16.2 Å². The maximum absolute atomic E-state index is 12.6. The Labute approximate surface area is 159 Å². The highest BCUT2D eigenvalue weighted by Crippen LogP contribution is 2.37. The molecule has 0 aliphatic heterocycles. The van der Waals surface area contributed by atoms with Crippen LogP contribution in [0.25, 0.3) is 10.2 Å². The number of rotatable bonds is 5. The molecule has 26 heavy (non-hydrogen) atoms. The van der Waals surface area contributed by atoms with E-state index in [0.717, 1.165) is 0 Å². The quantitative estimate of drug-likeness (QED) is 0.687. The van der Waals surface area contributed by atoms with Crippen molar-refractivity contribution in [1.29, 1.82) is 0 Å². The van der Waals surface area contributed by atoms with Crippen LogP contribution in [0.2, 0.25) is 5.02 Å². The molecule has 0 aliphatic rings. The van der Waals surface area contributed by atoms with E-state index in [1.165, 1.54) is 37.5 Å². The number of carbonyl (C=O) groups excluding carboxylic acids is 1. The largest absolute Gasteiger partial charge is 0.494 e. The molecule has 6 nitrogen and oxygen atoms in total. The number of halogens is 1. The van der Waals surface area contributed by atoms with Gasteiger partial charge in [-0.3, -0.25) is 10.1 Å². The molecular weight excluding hydrogens is 396 g/mol. The summed E-state index contributed by atoms with van der Waals surface area (Å²) in [6.07, 6.45) is 0. The number of methoxy groups -OCH3 is 1. The zero-order chi connectivity index (χ0) is 18.9. The number of benzene rings is 2. The summed E-state index contributed by atoms with van der Waals surface area (Å²) >= 11 is 7.37. The standard InChI is InChI=1S/C17H15ClN2O4S2/c1-3-26(22,23)13-7-5-4-6-10(13)16(21)20-17-19-14-12(24-2)9-8-11(18)15(14)25-17/h4-9H,3H2,1-2H3,(H,19,20,21). The fourth-order valence-electron chi connectivity index (χ4n) is 2.42. The molecular formula is C17H15ClN2O4S2. The number of nitrogens with zero attached hydrogens (tertiary/aromatic N) is 1. The highest BCUT2D eigenvalue weighted by molar-refractivity contribution is 7.91. The molecule has 0 radical (unpaired) electrons. The van der Waals surface area contributed by atoms with Crippen molar-refractivity contribution in [2.75, 3.05) is 18.2 Å². The summed E-state index contributed by atoms with van der Waals surface area (Å²) < 4.78 is 30.4. The average Bonchev–Trinajstić information content (AvgIpc) is 3.06. The number of sulfone groups is 1. The first-order valence-corrected chi connectivity index (χ1v) is 10.5. The lowest BCUT2D eigenvalue weighted by Gasteiger charge is -2.08. The van der Waals surface area contributed by atoms with E-state index in [2.05, 4.69) is 10.3 Å². The molecule has 0 bridgehead atoms. The molecule has 0 saturated heterocycles. The molecule has 1 heterocycles. The smallest absolute Gasteiger partial charge is 0.258 e. The van der Waals surface area contributed by atoms with Crippen molar-refractivity contribution in [2.24, 2.45) is 0 Å². The molecule has 0 atom stereocenters. The number of fused-ring (bicyclic) bond motifs is 1. The Kier molecular flexibility index (Phi) is 5.17. The zero-order valence-electron chi connectivity index (χ0n) is 13.9. The molecule has 0 aliphatic carbocycles. The monoisotopic (exact) mass is 410 g/mol. The van der Waals surface area contributed by atoms with Gasteiger partial charge < -0.3 is 4.74 Å². The maximum Gasteiger partial charge on any atom is 0.258 e. The maximum atomic E-state index is 12.6. The number of thiazole rings is 1. The van der Waals surface area contributed by atoms with Crippen LogP contribution in [-0.2, 0) is 9.84 Å². The number of aromatic nitrogens is 1. The Morgan fingerprint density at radius 1 is 1.27 bits per heavy atom. The number of nitrogens with one attached hydrogen (secondary N) is 1. The molecule has 0 saturated carbocycles. The Hall–Kier alpha value is -2.16. The summed E-state index contributed by atoms with van der Waals surface area (Å²) in [6, 6.07) is 9.48. The molecule has 136 valence electrons. The summed E-state index contributed by atoms with van der Waals surface area (Å²) in [6.45, 7) is 1.53. The molecule has 2 aromatic carbocycles. The van der Waals surface area contributed by atoms with Gasteiger partial charge in [-0.15, -0.1) is 0 Å². The highest BCUT2D eigenvalue weighted by Gasteiger charge is 2.22. The Morgan fingerprint density at radius 2 is 2.00 bits per heavy atom. The van der Waals surface area contributed by atoms with Crippen LogP contribution in [0.5, 0.6) is 5.75 Å². The van der Waals surface area contributed by atoms with Crippen LogP contribution >= 0.6 is 22.9 Å². The van der Waals surface area contributed by atoms with Gasteiger partial charge in [0, 0.05) is 0 Å². The van der Waals surface area contributed by atoms with E-state index in [0.29, 0.717) is 26.1 Å². The normalized spacial score (nSPS) is 11.5. The molecule has 0 fully saturated rings. The van der Waals surface area contributed by atoms with E-state index >= 15 is 0 Å². The van der Waals surface area contributed by atoms with Gasteiger partial charge in [-0.25, -0.2) is 13.4 Å². The van der Waals surface area contributed by atoms with E-state index < -0.39 is 15.7 Å². The predicted molar refractivity (Wildman–Crippen MR) is 103 cm³/mol. The SMILES string of the molecule is CCS(=O)(=O)c1ccccc1C(=O)Nc1nc2c(OC)ccc(Cl)c2s1. The van der Waals surface area contributed by atoms with Crippen LogP contribution in [-0.4, -0.2) is 32.2 Å². The average molecular weight is 411 g/mol. The topological polar surface area (TPSA) is 85.4 Å². The highest BCUT2D eigenvalue weighted by atomic mass is 35.5. The van der Waals surface area contributed by atoms with Gasteiger partial charge in [0.2, 0.25) is 0 Å². The minimum atomic E-state index is -3.53. The van der Waals surface area contributed by atoms with Crippen molar-refractivity contribution in [2.45, 2.75) is 11.8 Å². The lowest BCUT2D eigenvalue weighted by atomic mass is 10.2. The molecule has 3 aromatic rings. The van der Waals surface area contributed by atoms with Gasteiger partial charge in [0.05, 0.1) is 33.0 Å². The van der Waals surface area contributed by atoms with Crippen molar-refractivity contribution in [1.82, 2.24) is 4.98 Å². The number of ether oxygens (including phenoxy) is 1. The third-order valence-electron chi connectivity index (χ3n) is 3.75. The number of amides is 1. The second kappa shape index (κ2) is 7.22. The second-order valence-corrected chi connectivity index (χ2v) is 8.95. The molecule has 1 N–H and O–H groups in total. The lowest BCUT2D eigenvalue weighted by molar-refractivity contribution is 0.102. The van der Waals surface area contributed by atoms with Gasteiger partial charge >= 0.3 is 0 Å². The van der Waals surface area contributed by atoms with Gasteiger partial charge in [0.1, 0.15) is 11.3 Å². The minimum absolute atomic E-state index is 0.00303. The van der Waals surface area contributed by atoms with Gasteiger partial charge in [0.25, 0.3) is 5.91 Å². The van der Waals surface area contributed by atoms with E-state index in [4.69, 9.17) is 16.3 Å². The molecule has 1 amide bonds. The minimum Gasteiger partial charge on any atom is -0.494 e. The summed E-state index contributed by atoms with van der Waals surface area (Å²) in [4.78, 5) is 17.0. The molecule has 9 heteroatoms. The summed E-state index contributed by atoms with van der Waals surface area (Å²) in [5.41, 5.74) is 0.612. The molecule has 1 aromatic heterocycles. The van der Waals surface area contributed by atoms with Crippen molar-refractivity contribution < 1.29 is 17.9 Å². The number of carbonyl (C=O) groups is 1. The first-order valence-electron chi connectivity index (χ1n) is 7.63. The van der Waals surface area contributed by atoms with E-state index in [9.17, 15) is 13.2 Å². The molecule has 3 rings (SSSR count). The van der Waals surface area contributed by atoms with E-state index in [1.807, 2.05) is 0 Å². The first kappa shape index (κ1) is 18.6. The van der Waals surface area contributed by atoms with Gasteiger partial charge in [-0.2, -0.15) is 0 Å². The van der Waals surface area contributed by atoms with Gasteiger partial charge in [0.15, 0.2) is 15.0 Å². The Bertz CT molecular complexity index is 1090. The third kappa shape index (κ3) is 3.40. The van der Waals surface area contributed by atoms with Crippen molar-refractivity contribution >= 4 is 54.0 Å².